The van der Waals surface area contributed by atoms with E-state index in [-0.39, 0.29) is 6.04 Å². The first-order valence-electron chi connectivity index (χ1n) is 7.33. The Morgan fingerprint density at radius 2 is 1.55 bits per heavy atom. The summed E-state index contributed by atoms with van der Waals surface area (Å²) in [5.41, 5.74) is 1.96. The minimum absolute atomic E-state index is 0.170. The second-order valence-corrected chi connectivity index (χ2v) is 5.20. The molecule has 2 N–H and O–H groups in total. The van der Waals surface area contributed by atoms with Crippen LogP contribution in [0.1, 0.15) is 30.2 Å². The van der Waals surface area contributed by atoms with Crippen molar-refractivity contribution in [3.8, 4) is 11.5 Å². The van der Waals surface area contributed by atoms with Gasteiger partial charge in [-0.25, -0.2) is 0 Å². The summed E-state index contributed by atoms with van der Waals surface area (Å²) in [6.45, 7) is 2.53. The molecule has 0 fully saturated rings. The van der Waals surface area contributed by atoms with Crippen LogP contribution < -0.4 is 14.8 Å². The Morgan fingerprint density at radius 1 is 0.955 bits per heavy atom. The van der Waals surface area contributed by atoms with Crippen molar-refractivity contribution in [3.63, 3.8) is 0 Å². The molecule has 2 aromatic carbocycles. The lowest BCUT2D eigenvalue weighted by Crippen LogP contribution is -2.24. The van der Waals surface area contributed by atoms with E-state index in [1.807, 2.05) is 30.3 Å². The van der Waals surface area contributed by atoms with Crippen LogP contribution in [0, 0.1) is 0 Å². The lowest BCUT2D eigenvalue weighted by atomic mass is 10.1. The summed E-state index contributed by atoms with van der Waals surface area (Å²) in [4.78, 5) is 0. The molecule has 0 aromatic heterocycles. The van der Waals surface area contributed by atoms with Crippen molar-refractivity contribution in [1.29, 1.82) is 0 Å². The zero-order valence-electron chi connectivity index (χ0n) is 13.2. The van der Waals surface area contributed by atoms with Crippen molar-refractivity contribution in [2.75, 3.05) is 20.8 Å². The molecular formula is C18H23NO3. The predicted octanol–water partition coefficient (Wildman–Crippen LogP) is 3.09. The van der Waals surface area contributed by atoms with Gasteiger partial charge in [0.05, 0.1) is 20.3 Å². The van der Waals surface area contributed by atoms with E-state index in [2.05, 4.69) is 24.4 Å². The van der Waals surface area contributed by atoms with E-state index in [4.69, 9.17) is 9.47 Å². The topological polar surface area (TPSA) is 50.7 Å². The van der Waals surface area contributed by atoms with Crippen molar-refractivity contribution >= 4 is 0 Å². The number of hydrogen-bond acceptors (Lipinski definition) is 4. The predicted molar refractivity (Wildman–Crippen MR) is 87.4 cm³/mol. The van der Waals surface area contributed by atoms with Crippen LogP contribution in [0.15, 0.2) is 48.5 Å². The fourth-order valence-corrected chi connectivity index (χ4v) is 2.29. The molecule has 0 bridgehead atoms. The summed E-state index contributed by atoms with van der Waals surface area (Å²) in [6, 6.07) is 15.8. The molecule has 0 saturated heterocycles. The average Bonchev–Trinajstić information content (AvgIpc) is 2.59. The smallest absolute Gasteiger partial charge is 0.122 e. The van der Waals surface area contributed by atoms with Gasteiger partial charge in [0.2, 0.25) is 0 Å². The number of benzene rings is 2. The van der Waals surface area contributed by atoms with Crippen LogP contribution in [0.4, 0.5) is 0 Å². The molecule has 0 aliphatic carbocycles. The Bertz CT molecular complexity index is 564. The Kier molecular flexibility index (Phi) is 5.81. The van der Waals surface area contributed by atoms with Gasteiger partial charge in [-0.05, 0) is 30.2 Å². The standard InChI is InChI=1S/C18H23NO3/c1-13(14-7-5-4-6-8-14)19-12-18(20)15-9-16(21-2)11-17(10-15)22-3/h4-11,13,18-20H,12H2,1-3H3. The zero-order valence-corrected chi connectivity index (χ0v) is 13.2. The summed E-state index contributed by atoms with van der Waals surface area (Å²) in [7, 11) is 3.20. The molecule has 2 aromatic rings. The molecule has 2 atom stereocenters. The van der Waals surface area contributed by atoms with Crippen molar-refractivity contribution in [3.05, 3.63) is 59.7 Å². The van der Waals surface area contributed by atoms with Gasteiger partial charge in [0.25, 0.3) is 0 Å². The third-order valence-electron chi connectivity index (χ3n) is 3.68. The monoisotopic (exact) mass is 301 g/mol. The van der Waals surface area contributed by atoms with Crippen LogP contribution in [0.3, 0.4) is 0 Å². The summed E-state index contributed by atoms with van der Waals surface area (Å²) >= 11 is 0. The van der Waals surface area contributed by atoms with Crippen LogP contribution >= 0.6 is 0 Å². The van der Waals surface area contributed by atoms with Crippen LogP contribution in [-0.2, 0) is 0 Å². The summed E-state index contributed by atoms with van der Waals surface area (Å²) in [6.07, 6.45) is -0.629. The first-order valence-corrected chi connectivity index (χ1v) is 7.33. The third-order valence-corrected chi connectivity index (χ3v) is 3.68. The average molecular weight is 301 g/mol. The summed E-state index contributed by atoms with van der Waals surface area (Å²) in [5.74, 6) is 1.34. The highest BCUT2D eigenvalue weighted by Gasteiger charge is 2.13. The van der Waals surface area contributed by atoms with Crippen LogP contribution in [0.2, 0.25) is 0 Å². The molecule has 0 spiro atoms. The first-order chi connectivity index (χ1) is 10.6. The number of rotatable bonds is 7. The third kappa shape index (κ3) is 4.23. The van der Waals surface area contributed by atoms with Crippen molar-refractivity contribution in [2.45, 2.75) is 19.1 Å². The minimum Gasteiger partial charge on any atom is -0.497 e. The minimum atomic E-state index is -0.629. The second-order valence-electron chi connectivity index (χ2n) is 5.20. The Labute approximate surface area is 131 Å². The fourth-order valence-electron chi connectivity index (χ4n) is 2.29. The van der Waals surface area contributed by atoms with E-state index in [0.29, 0.717) is 18.0 Å². The highest BCUT2D eigenvalue weighted by Crippen LogP contribution is 2.26. The van der Waals surface area contributed by atoms with E-state index >= 15 is 0 Å². The van der Waals surface area contributed by atoms with E-state index in [0.717, 1.165) is 5.56 Å². The van der Waals surface area contributed by atoms with Gasteiger partial charge in [0.15, 0.2) is 0 Å². The molecular weight excluding hydrogens is 278 g/mol. The molecule has 0 aliphatic rings. The number of methoxy groups -OCH3 is 2. The first kappa shape index (κ1) is 16.3. The van der Waals surface area contributed by atoms with Gasteiger partial charge in [-0.15, -0.1) is 0 Å². The molecule has 118 valence electrons. The molecule has 0 heterocycles. The van der Waals surface area contributed by atoms with Gasteiger partial charge in [0, 0.05) is 18.7 Å². The van der Waals surface area contributed by atoms with Gasteiger partial charge in [-0.3, -0.25) is 0 Å². The second kappa shape index (κ2) is 7.82. The SMILES string of the molecule is COc1cc(OC)cc(C(O)CNC(C)c2ccccc2)c1. The number of nitrogens with one attached hydrogen (secondary N) is 1. The van der Waals surface area contributed by atoms with Gasteiger partial charge in [-0.1, -0.05) is 30.3 Å². The maximum Gasteiger partial charge on any atom is 0.122 e. The molecule has 0 radical (unpaired) electrons. The van der Waals surface area contributed by atoms with E-state index < -0.39 is 6.10 Å². The van der Waals surface area contributed by atoms with Crippen LogP contribution in [0.25, 0.3) is 0 Å². The Balaban J connectivity index is 2.01. The Hall–Kier alpha value is -2.04. The van der Waals surface area contributed by atoms with E-state index in [1.54, 1.807) is 20.3 Å². The molecule has 4 nitrogen and oxygen atoms in total. The number of ether oxygens (including phenoxy) is 2. The number of hydrogen-bond donors (Lipinski definition) is 2. The summed E-state index contributed by atoms with van der Waals surface area (Å²) < 4.78 is 10.5. The van der Waals surface area contributed by atoms with Crippen LogP contribution in [-0.4, -0.2) is 25.9 Å². The molecule has 0 amide bonds. The normalized spacial score (nSPS) is 13.5. The molecule has 22 heavy (non-hydrogen) atoms. The van der Waals surface area contributed by atoms with Gasteiger partial charge in [0.1, 0.15) is 11.5 Å². The number of aliphatic hydroxyl groups is 1. The number of aliphatic hydroxyl groups excluding tert-OH is 1. The lowest BCUT2D eigenvalue weighted by molar-refractivity contribution is 0.170. The van der Waals surface area contributed by atoms with Gasteiger partial charge < -0.3 is 19.9 Å². The Morgan fingerprint density at radius 3 is 2.09 bits per heavy atom. The maximum absolute atomic E-state index is 10.4. The molecule has 0 saturated carbocycles. The molecule has 2 unspecified atom stereocenters. The highest BCUT2D eigenvalue weighted by molar-refractivity contribution is 5.39. The molecule has 0 aliphatic heterocycles. The van der Waals surface area contributed by atoms with E-state index in [1.165, 1.54) is 5.56 Å². The lowest BCUT2D eigenvalue weighted by Gasteiger charge is -2.18. The van der Waals surface area contributed by atoms with Gasteiger partial charge in [-0.2, -0.15) is 0 Å². The largest absolute Gasteiger partial charge is 0.497 e. The zero-order chi connectivity index (χ0) is 15.9. The maximum atomic E-state index is 10.4. The van der Waals surface area contributed by atoms with Crippen LogP contribution in [0.5, 0.6) is 11.5 Å². The fraction of sp³-hybridized carbons (Fsp3) is 0.333. The highest BCUT2D eigenvalue weighted by atomic mass is 16.5. The summed E-state index contributed by atoms with van der Waals surface area (Å²) in [5, 5.41) is 13.7. The van der Waals surface area contributed by atoms with Crippen molar-refractivity contribution < 1.29 is 14.6 Å². The van der Waals surface area contributed by atoms with E-state index in [9.17, 15) is 5.11 Å². The van der Waals surface area contributed by atoms with Crippen molar-refractivity contribution in [1.82, 2.24) is 5.32 Å². The van der Waals surface area contributed by atoms with Gasteiger partial charge >= 0.3 is 0 Å². The molecule has 4 heteroatoms. The van der Waals surface area contributed by atoms with Crippen molar-refractivity contribution in [2.24, 2.45) is 0 Å². The quantitative estimate of drug-likeness (QED) is 0.825. The molecule has 2 rings (SSSR count).